The number of aromatic nitrogens is 1. The molecule has 190 valence electrons. The summed E-state index contributed by atoms with van der Waals surface area (Å²) in [5, 5.41) is 35.3. The molecule has 0 fully saturated rings. The SMILES string of the molecule is Cc1cc(OCC(O)CNC(C)(C)CNC(=O)CCCCO[N+](=O)[O-])c2cc(C#N)c(=O)[nH]c2c1. The number of rotatable bonds is 14. The number of fused-ring (bicyclic) bond motifs is 1. The number of unbranched alkanes of at least 4 members (excludes halogenated alkanes) is 1. The van der Waals surface area contributed by atoms with Crippen LogP contribution in [0.3, 0.4) is 0 Å². The predicted octanol–water partition coefficient (Wildman–Crippen LogP) is 1.31. The zero-order valence-electron chi connectivity index (χ0n) is 20.1. The molecule has 0 aliphatic rings. The molecule has 12 nitrogen and oxygen atoms in total. The molecule has 0 saturated heterocycles. The van der Waals surface area contributed by atoms with Crippen molar-refractivity contribution in [1.82, 2.24) is 15.6 Å². The Kier molecular flexibility index (Phi) is 9.98. The molecule has 0 bridgehead atoms. The lowest BCUT2D eigenvalue weighted by Gasteiger charge is -2.28. The highest BCUT2D eigenvalue weighted by atomic mass is 16.9. The third-order valence-electron chi connectivity index (χ3n) is 5.16. The second-order valence-electron chi connectivity index (χ2n) is 8.87. The van der Waals surface area contributed by atoms with Gasteiger partial charge in [0, 0.05) is 30.4 Å². The highest BCUT2D eigenvalue weighted by Gasteiger charge is 2.20. The lowest BCUT2D eigenvalue weighted by Crippen LogP contribution is -2.51. The van der Waals surface area contributed by atoms with Gasteiger partial charge >= 0.3 is 0 Å². The molecule has 0 saturated carbocycles. The molecule has 0 radical (unpaired) electrons. The number of benzene rings is 1. The molecular weight excluding hydrogens is 458 g/mol. The molecule has 1 heterocycles. The van der Waals surface area contributed by atoms with Gasteiger partial charge in [0.25, 0.3) is 10.6 Å². The number of nitriles is 1. The average molecular weight is 490 g/mol. The number of H-pyrrole nitrogens is 1. The van der Waals surface area contributed by atoms with E-state index < -0.39 is 22.3 Å². The largest absolute Gasteiger partial charge is 0.490 e. The quantitative estimate of drug-likeness (QED) is 0.173. The first-order valence-electron chi connectivity index (χ1n) is 11.2. The maximum absolute atomic E-state index is 12.0. The van der Waals surface area contributed by atoms with E-state index in [2.05, 4.69) is 20.5 Å². The van der Waals surface area contributed by atoms with Crippen LogP contribution >= 0.6 is 0 Å². The number of aromatic amines is 1. The minimum Gasteiger partial charge on any atom is -0.490 e. The van der Waals surface area contributed by atoms with E-state index in [-0.39, 0.29) is 37.6 Å². The van der Waals surface area contributed by atoms with Gasteiger partial charge < -0.3 is 30.3 Å². The third kappa shape index (κ3) is 9.23. The number of nitrogens with one attached hydrogen (secondary N) is 3. The number of aliphatic hydroxyl groups is 1. The van der Waals surface area contributed by atoms with Crippen molar-refractivity contribution in [2.45, 2.75) is 51.7 Å². The van der Waals surface area contributed by atoms with E-state index in [9.17, 15) is 24.8 Å². The van der Waals surface area contributed by atoms with Crippen LogP contribution in [0.25, 0.3) is 10.9 Å². The van der Waals surface area contributed by atoms with E-state index in [0.717, 1.165) is 5.56 Å². The predicted molar refractivity (Wildman–Crippen MR) is 127 cm³/mol. The Morgan fingerprint density at radius 2 is 2.09 bits per heavy atom. The van der Waals surface area contributed by atoms with Gasteiger partial charge in [-0.2, -0.15) is 5.26 Å². The molecule has 1 atom stereocenters. The molecule has 4 N–H and O–H groups in total. The van der Waals surface area contributed by atoms with E-state index in [4.69, 9.17) is 10.00 Å². The van der Waals surface area contributed by atoms with E-state index in [0.29, 0.717) is 36.0 Å². The zero-order chi connectivity index (χ0) is 26.0. The van der Waals surface area contributed by atoms with Crippen molar-refractivity contribution in [3.8, 4) is 11.8 Å². The van der Waals surface area contributed by atoms with Crippen LogP contribution in [-0.2, 0) is 9.63 Å². The van der Waals surface area contributed by atoms with E-state index in [1.54, 1.807) is 12.1 Å². The molecule has 35 heavy (non-hydrogen) atoms. The first-order valence-corrected chi connectivity index (χ1v) is 11.2. The molecule has 0 aliphatic heterocycles. The maximum atomic E-state index is 12.0. The van der Waals surface area contributed by atoms with Crippen LogP contribution in [0.2, 0.25) is 0 Å². The molecule has 0 aliphatic carbocycles. The summed E-state index contributed by atoms with van der Waals surface area (Å²) in [6.45, 7) is 6.05. The van der Waals surface area contributed by atoms with Crippen molar-refractivity contribution >= 4 is 16.8 Å². The van der Waals surface area contributed by atoms with Crippen LogP contribution in [0, 0.1) is 28.4 Å². The van der Waals surface area contributed by atoms with E-state index in [1.807, 2.05) is 26.8 Å². The van der Waals surface area contributed by atoms with Crippen molar-refractivity contribution in [2.75, 3.05) is 26.3 Å². The Labute approximate surface area is 202 Å². The number of hydrogen-bond acceptors (Lipinski definition) is 9. The highest BCUT2D eigenvalue weighted by molar-refractivity contribution is 5.86. The Bertz CT molecular complexity index is 1140. The minimum atomic E-state index is -0.861. The van der Waals surface area contributed by atoms with Crippen LogP contribution in [0.4, 0.5) is 0 Å². The Hall–Kier alpha value is -3.69. The summed E-state index contributed by atoms with van der Waals surface area (Å²) in [5.74, 6) is 0.271. The first-order chi connectivity index (χ1) is 16.5. The Balaban J connectivity index is 1.81. The summed E-state index contributed by atoms with van der Waals surface area (Å²) in [5.41, 5.74) is 0.380. The van der Waals surface area contributed by atoms with Crippen LogP contribution in [0.5, 0.6) is 5.75 Å². The van der Waals surface area contributed by atoms with Gasteiger partial charge in [0.2, 0.25) is 5.91 Å². The fraction of sp³-hybridized carbons (Fsp3) is 0.522. The summed E-state index contributed by atoms with van der Waals surface area (Å²) in [6, 6.07) is 6.87. The molecular formula is C23H31N5O7. The standard InChI is InChI=1S/C23H31N5O7/c1-15-8-19-18(10-16(11-24)22(31)27-19)20(9-15)34-13-17(29)12-26-23(2,3)14-25-21(30)6-4-5-7-35-28(32)33/h8-10,17,26,29H,4-7,12-14H2,1-3H3,(H,25,30)(H,27,31). The van der Waals surface area contributed by atoms with Crippen LogP contribution in [0.1, 0.15) is 44.2 Å². The first kappa shape index (κ1) is 27.6. The fourth-order valence-electron chi connectivity index (χ4n) is 3.25. The van der Waals surface area contributed by atoms with Gasteiger partial charge in [0.1, 0.15) is 30.1 Å². The smallest absolute Gasteiger partial charge is 0.294 e. The van der Waals surface area contributed by atoms with Crippen LogP contribution in [0.15, 0.2) is 23.0 Å². The molecule has 2 aromatic rings. The molecule has 1 amide bonds. The third-order valence-corrected chi connectivity index (χ3v) is 5.16. The van der Waals surface area contributed by atoms with Gasteiger partial charge in [-0.1, -0.05) is 0 Å². The van der Waals surface area contributed by atoms with E-state index >= 15 is 0 Å². The maximum Gasteiger partial charge on any atom is 0.294 e. The number of carbonyl (C=O) groups is 1. The van der Waals surface area contributed by atoms with Crippen LogP contribution in [-0.4, -0.2) is 59.0 Å². The summed E-state index contributed by atoms with van der Waals surface area (Å²) in [4.78, 5) is 40.8. The van der Waals surface area contributed by atoms with Gasteiger partial charge in [0.15, 0.2) is 0 Å². The summed E-state index contributed by atoms with van der Waals surface area (Å²) < 4.78 is 5.80. The monoisotopic (exact) mass is 489 g/mol. The lowest BCUT2D eigenvalue weighted by molar-refractivity contribution is -0.757. The summed E-state index contributed by atoms with van der Waals surface area (Å²) >= 11 is 0. The Morgan fingerprint density at radius 1 is 1.34 bits per heavy atom. The normalized spacial score (nSPS) is 12.1. The molecule has 1 aromatic heterocycles. The lowest BCUT2D eigenvalue weighted by atomic mass is 10.1. The number of aryl methyl sites for hydroxylation is 1. The van der Waals surface area contributed by atoms with Gasteiger partial charge in [0.05, 0.1) is 12.1 Å². The number of carbonyl (C=O) groups excluding carboxylic acids is 1. The molecule has 1 unspecified atom stereocenters. The number of ether oxygens (including phenoxy) is 1. The van der Waals surface area contributed by atoms with Gasteiger partial charge in [-0.3, -0.25) is 9.59 Å². The van der Waals surface area contributed by atoms with Gasteiger partial charge in [-0.05, 0) is 57.4 Å². The Morgan fingerprint density at radius 3 is 2.77 bits per heavy atom. The number of amides is 1. The van der Waals surface area contributed by atoms with Crippen molar-refractivity contribution < 1.29 is 24.6 Å². The molecule has 0 spiro atoms. The summed E-state index contributed by atoms with van der Waals surface area (Å²) in [7, 11) is 0. The topological polar surface area (TPSA) is 180 Å². The van der Waals surface area contributed by atoms with Crippen LogP contribution < -0.4 is 20.9 Å². The number of pyridine rings is 1. The molecule has 12 heteroatoms. The van der Waals surface area contributed by atoms with Crippen molar-refractivity contribution in [2.24, 2.45) is 0 Å². The number of hydrogen-bond donors (Lipinski definition) is 4. The molecule has 2 rings (SSSR count). The van der Waals surface area contributed by atoms with Crippen molar-refractivity contribution in [3.63, 3.8) is 0 Å². The summed E-state index contributed by atoms with van der Waals surface area (Å²) in [6.07, 6.45) is 0.254. The highest BCUT2D eigenvalue weighted by Crippen LogP contribution is 2.26. The number of nitrogens with zero attached hydrogens (tertiary/aromatic N) is 2. The number of aliphatic hydroxyl groups excluding tert-OH is 1. The second kappa shape index (κ2) is 12.7. The average Bonchev–Trinajstić information content (AvgIpc) is 2.79. The second-order valence-corrected chi connectivity index (χ2v) is 8.87. The van der Waals surface area contributed by atoms with Crippen molar-refractivity contribution in [1.29, 1.82) is 5.26 Å². The van der Waals surface area contributed by atoms with Gasteiger partial charge in [-0.15, -0.1) is 10.1 Å². The fourth-order valence-corrected chi connectivity index (χ4v) is 3.25. The van der Waals surface area contributed by atoms with E-state index in [1.165, 1.54) is 6.07 Å². The number of β-amino-alcohol motifs (C(OH)–C–C–N with tert-alkyl or cyclic N) is 1. The minimum absolute atomic E-state index is 0.0258. The zero-order valence-corrected chi connectivity index (χ0v) is 20.1. The molecule has 1 aromatic carbocycles. The van der Waals surface area contributed by atoms with Gasteiger partial charge in [-0.25, -0.2) is 0 Å². The van der Waals surface area contributed by atoms with Crippen molar-refractivity contribution in [3.05, 3.63) is 49.8 Å².